The first-order valence-corrected chi connectivity index (χ1v) is 9.04. The Balaban J connectivity index is 2.12. The number of carbonyl (C=O) groups is 2. The van der Waals surface area contributed by atoms with Crippen molar-refractivity contribution in [3.63, 3.8) is 0 Å². The van der Waals surface area contributed by atoms with E-state index in [0.717, 1.165) is 29.2 Å². The fourth-order valence-corrected chi connectivity index (χ4v) is 3.80. The molecule has 0 unspecified atom stereocenters. The molecule has 3 rings (SSSR count). The minimum atomic E-state index is -4.84. The van der Waals surface area contributed by atoms with E-state index < -0.39 is 46.1 Å². The van der Waals surface area contributed by atoms with Gasteiger partial charge in [-0.25, -0.2) is 9.18 Å². The summed E-state index contributed by atoms with van der Waals surface area (Å²) >= 11 is 5.32. The summed E-state index contributed by atoms with van der Waals surface area (Å²) in [4.78, 5) is 26.2. The minimum Gasteiger partial charge on any atom is -0.478 e. The van der Waals surface area contributed by atoms with Crippen molar-refractivity contribution in [1.29, 1.82) is 5.26 Å². The average molecular weight is 451 g/mol. The Morgan fingerprint density at radius 1 is 1.16 bits per heavy atom. The Morgan fingerprint density at radius 2 is 1.77 bits per heavy atom. The molecule has 1 amide bonds. The first kappa shape index (κ1) is 22.2. The van der Waals surface area contributed by atoms with Crippen molar-refractivity contribution < 1.29 is 32.3 Å². The van der Waals surface area contributed by atoms with Crippen LogP contribution in [-0.2, 0) is 11.0 Å². The number of hydrogen-bond acceptors (Lipinski definition) is 4. The van der Waals surface area contributed by atoms with Gasteiger partial charge in [0.25, 0.3) is 5.91 Å². The second kappa shape index (κ2) is 7.31. The number of carbonyl (C=O) groups excluding carboxylic acids is 1. The van der Waals surface area contributed by atoms with Gasteiger partial charge in [0.2, 0.25) is 0 Å². The van der Waals surface area contributed by atoms with Crippen LogP contribution in [0.5, 0.6) is 0 Å². The molecular weight excluding hydrogens is 438 g/mol. The predicted octanol–water partition coefficient (Wildman–Crippen LogP) is 4.33. The van der Waals surface area contributed by atoms with E-state index in [0.29, 0.717) is 6.07 Å². The van der Waals surface area contributed by atoms with E-state index in [1.807, 2.05) is 0 Å². The summed E-state index contributed by atoms with van der Waals surface area (Å²) < 4.78 is 54.3. The molecule has 2 aromatic rings. The van der Waals surface area contributed by atoms with Gasteiger partial charge in [0, 0.05) is 5.69 Å². The van der Waals surface area contributed by atoms with Crippen LogP contribution in [-0.4, -0.2) is 27.6 Å². The molecule has 0 aliphatic carbocycles. The van der Waals surface area contributed by atoms with Crippen LogP contribution < -0.4 is 9.80 Å². The second-order valence-electron chi connectivity index (χ2n) is 7.13. The fraction of sp³-hybridized carbons (Fsp3) is 0.200. The highest BCUT2D eigenvalue weighted by molar-refractivity contribution is 7.81. The van der Waals surface area contributed by atoms with Gasteiger partial charge in [-0.2, -0.15) is 18.4 Å². The van der Waals surface area contributed by atoms with Crippen LogP contribution in [0.15, 0.2) is 36.4 Å². The number of carboxylic acid groups (broad SMARTS) is 1. The van der Waals surface area contributed by atoms with Gasteiger partial charge >= 0.3 is 12.1 Å². The van der Waals surface area contributed by atoms with Gasteiger partial charge in [0.1, 0.15) is 11.4 Å². The molecule has 1 aliphatic heterocycles. The summed E-state index contributed by atoms with van der Waals surface area (Å²) in [5, 5.41) is 17.7. The molecule has 0 saturated carbocycles. The lowest BCUT2D eigenvalue weighted by molar-refractivity contribution is -0.137. The molecule has 1 heterocycles. The van der Waals surface area contributed by atoms with Crippen LogP contribution in [0.4, 0.5) is 28.9 Å². The number of nitrogens with zero attached hydrogens (tertiary/aromatic N) is 3. The maximum atomic E-state index is 14.2. The summed E-state index contributed by atoms with van der Waals surface area (Å²) in [6, 6.07) is 7.33. The summed E-state index contributed by atoms with van der Waals surface area (Å²) in [6.45, 7) is 2.89. The summed E-state index contributed by atoms with van der Waals surface area (Å²) in [6.07, 6.45) is -4.84. The number of anilines is 2. The number of carboxylic acids is 1. The normalized spacial score (nSPS) is 15.9. The van der Waals surface area contributed by atoms with E-state index in [1.54, 1.807) is 0 Å². The zero-order valence-electron chi connectivity index (χ0n) is 16.0. The maximum absolute atomic E-state index is 14.2. The largest absolute Gasteiger partial charge is 0.478 e. The molecule has 1 aliphatic rings. The number of hydrogen-bond donors (Lipinski definition) is 1. The SMILES string of the molecule is CC1(C)C(=O)N(c2ccc(C#N)c(C(F)(F)F)c2)C(=S)N1c1ccc(C(=O)O)c(F)c1. The van der Waals surface area contributed by atoms with Gasteiger partial charge in [-0.05, 0) is 62.5 Å². The number of alkyl halides is 3. The van der Waals surface area contributed by atoms with Crippen LogP contribution in [0.1, 0.15) is 35.3 Å². The zero-order valence-corrected chi connectivity index (χ0v) is 16.8. The quantitative estimate of drug-likeness (QED) is 0.552. The monoisotopic (exact) mass is 451 g/mol. The van der Waals surface area contributed by atoms with Crippen molar-refractivity contribution in [2.24, 2.45) is 0 Å². The lowest BCUT2D eigenvalue weighted by Gasteiger charge is -2.29. The van der Waals surface area contributed by atoms with E-state index in [9.17, 15) is 27.2 Å². The van der Waals surface area contributed by atoms with Crippen molar-refractivity contribution in [1.82, 2.24) is 0 Å². The molecule has 0 atom stereocenters. The predicted molar refractivity (Wildman–Crippen MR) is 106 cm³/mol. The summed E-state index contributed by atoms with van der Waals surface area (Å²) in [5.74, 6) is -3.23. The van der Waals surface area contributed by atoms with E-state index in [-0.39, 0.29) is 16.5 Å². The Kier molecular flexibility index (Phi) is 5.23. The van der Waals surface area contributed by atoms with Crippen LogP contribution >= 0.6 is 12.2 Å². The number of halogens is 4. The molecule has 1 fully saturated rings. The molecule has 31 heavy (non-hydrogen) atoms. The van der Waals surface area contributed by atoms with Crippen LogP contribution in [0, 0.1) is 17.1 Å². The fourth-order valence-electron chi connectivity index (χ4n) is 3.28. The van der Waals surface area contributed by atoms with Gasteiger partial charge in [-0.15, -0.1) is 0 Å². The standard InChI is InChI=1S/C20H13F4N3O3S/c1-19(2)17(30)26(11-4-3-10(9-25)14(7-11)20(22,23)24)18(31)27(19)12-5-6-13(16(28)29)15(21)8-12/h3-8H,1-2H3,(H,28,29). The van der Waals surface area contributed by atoms with Gasteiger partial charge in [0.05, 0.1) is 28.4 Å². The van der Waals surface area contributed by atoms with Crippen LogP contribution in [0.25, 0.3) is 0 Å². The minimum absolute atomic E-state index is 0.0537. The van der Waals surface area contributed by atoms with E-state index in [1.165, 1.54) is 30.9 Å². The third kappa shape index (κ3) is 3.59. The molecule has 11 heteroatoms. The number of rotatable bonds is 3. The van der Waals surface area contributed by atoms with Gasteiger partial charge < -0.3 is 10.0 Å². The van der Waals surface area contributed by atoms with Crippen molar-refractivity contribution in [3.8, 4) is 6.07 Å². The van der Waals surface area contributed by atoms with Gasteiger partial charge in [0.15, 0.2) is 5.11 Å². The van der Waals surface area contributed by atoms with Crippen LogP contribution in [0.3, 0.4) is 0 Å². The topological polar surface area (TPSA) is 84.6 Å². The third-order valence-corrected chi connectivity index (χ3v) is 5.16. The molecule has 160 valence electrons. The molecule has 1 saturated heterocycles. The molecule has 0 radical (unpaired) electrons. The number of thiocarbonyl (C=S) groups is 1. The molecule has 0 aromatic heterocycles. The second-order valence-corrected chi connectivity index (χ2v) is 7.49. The van der Waals surface area contributed by atoms with Gasteiger partial charge in [-0.3, -0.25) is 9.69 Å². The van der Waals surface area contributed by atoms with E-state index in [4.69, 9.17) is 22.6 Å². The Labute approximate surface area is 178 Å². The molecule has 6 nitrogen and oxygen atoms in total. The van der Waals surface area contributed by atoms with E-state index in [2.05, 4.69) is 0 Å². The van der Waals surface area contributed by atoms with E-state index >= 15 is 0 Å². The number of aromatic carboxylic acids is 1. The lowest BCUT2D eigenvalue weighted by Crippen LogP contribution is -2.44. The highest BCUT2D eigenvalue weighted by Crippen LogP contribution is 2.39. The molecule has 1 N–H and O–H groups in total. The average Bonchev–Trinajstić information content (AvgIpc) is 2.84. The highest BCUT2D eigenvalue weighted by atomic mass is 32.1. The number of amides is 1. The molecule has 0 bridgehead atoms. The third-order valence-electron chi connectivity index (χ3n) is 4.80. The van der Waals surface area contributed by atoms with Crippen molar-refractivity contribution in [2.45, 2.75) is 25.6 Å². The first-order chi connectivity index (χ1) is 14.3. The Bertz CT molecular complexity index is 1170. The summed E-state index contributed by atoms with van der Waals surface area (Å²) in [5.41, 5.74) is -4.00. The number of benzene rings is 2. The van der Waals surface area contributed by atoms with Crippen molar-refractivity contribution in [2.75, 3.05) is 9.80 Å². The van der Waals surface area contributed by atoms with Gasteiger partial charge in [-0.1, -0.05) is 0 Å². The Hall–Kier alpha value is -3.52. The Morgan fingerprint density at radius 3 is 2.29 bits per heavy atom. The lowest BCUT2D eigenvalue weighted by atomic mass is 10.0. The maximum Gasteiger partial charge on any atom is 0.417 e. The molecular formula is C20H13F4N3O3S. The first-order valence-electron chi connectivity index (χ1n) is 8.63. The smallest absolute Gasteiger partial charge is 0.417 e. The highest BCUT2D eigenvalue weighted by Gasteiger charge is 2.50. The summed E-state index contributed by atoms with van der Waals surface area (Å²) in [7, 11) is 0. The van der Waals surface area contributed by atoms with Crippen molar-refractivity contribution >= 4 is 40.6 Å². The van der Waals surface area contributed by atoms with Crippen molar-refractivity contribution in [3.05, 3.63) is 58.9 Å². The molecule has 2 aromatic carbocycles. The van der Waals surface area contributed by atoms with Crippen LogP contribution in [0.2, 0.25) is 0 Å². The number of nitriles is 1. The zero-order chi connectivity index (χ0) is 23.3. The molecule has 0 spiro atoms.